The third kappa shape index (κ3) is 2.08. The largest absolute Gasteiger partial charge is 0.396 e. The van der Waals surface area contributed by atoms with Crippen LogP contribution >= 0.6 is 0 Å². The van der Waals surface area contributed by atoms with Crippen molar-refractivity contribution in [3.8, 4) is 11.4 Å². The molecule has 1 atom stereocenters. The van der Waals surface area contributed by atoms with Gasteiger partial charge in [0.2, 0.25) is 0 Å². The fourth-order valence-electron chi connectivity index (χ4n) is 2.45. The average Bonchev–Trinajstić information content (AvgIpc) is 2.84. The topological polar surface area (TPSA) is 72.9 Å². The second-order valence-corrected chi connectivity index (χ2v) is 5.00. The first-order valence-electron chi connectivity index (χ1n) is 6.39. The summed E-state index contributed by atoms with van der Waals surface area (Å²) < 4.78 is 3.53. The number of hydrogen-bond donors (Lipinski definition) is 1. The second kappa shape index (κ2) is 4.62. The van der Waals surface area contributed by atoms with E-state index in [1.54, 1.807) is 19.3 Å². The first-order valence-corrected chi connectivity index (χ1v) is 6.39. The molecule has 0 amide bonds. The van der Waals surface area contributed by atoms with Gasteiger partial charge in [-0.3, -0.25) is 4.79 Å². The van der Waals surface area contributed by atoms with Gasteiger partial charge in [0.25, 0.3) is 5.56 Å². The van der Waals surface area contributed by atoms with E-state index >= 15 is 0 Å². The Morgan fingerprint density at radius 2 is 2.32 bits per heavy atom. The summed E-state index contributed by atoms with van der Waals surface area (Å²) in [7, 11) is 1.72. The highest BCUT2D eigenvalue weighted by Crippen LogP contribution is 2.24. The van der Waals surface area contributed by atoms with Crippen molar-refractivity contribution in [2.24, 2.45) is 13.0 Å². The first kappa shape index (κ1) is 12.1. The van der Waals surface area contributed by atoms with Crippen LogP contribution in [0.1, 0.15) is 12.2 Å². The Morgan fingerprint density at radius 3 is 3.05 bits per heavy atom. The van der Waals surface area contributed by atoms with E-state index in [1.165, 1.54) is 4.57 Å². The van der Waals surface area contributed by atoms with E-state index in [4.69, 9.17) is 0 Å². The molecule has 1 N–H and O–H groups in total. The molecule has 0 aromatic carbocycles. The van der Waals surface area contributed by atoms with Crippen LogP contribution in [0.3, 0.4) is 0 Å². The lowest BCUT2D eigenvalue weighted by Crippen LogP contribution is -2.23. The Labute approximate surface area is 110 Å². The molecule has 0 aliphatic carbocycles. The molecule has 3 heterocycles. The van der Waals surface area contributed by atoms with Crippen LogP contribution in [0.5, 0.6) is 0 Å². The maximum absolute atomic E-state index is 11.7. The summed E-state index contributed by atoms with van der Waals surface area (Å²) in [5, 5.41) is 17.7. The number of hydrogen-bond acceptors (Lipinski definition) is 4. The van der Waals surface area contributed by atoms with Crippen molar-refractivity contribution in [3.05, 3.63) is 34.5 Å². The lowest BCUT2D eigenvalue weighted by Gasteiger charge is -2.22. The normalized spacial score (nSPS) is 18.3. The van der Waals surface area contributed by atoms with E-state index in [1.807, 2.05) is 10.6 Å². The van der Waals surface area contributed by atoms with E-state index in [0.29, 0.717) is 12.4 Å². The Morgan fingerprint density at radius 1 is 1.47 bits per heavy atom. The summed E-state index contributed by atoms with van der Waals surface area (Å²) in [6, 6.07) is 3.43. The number of aryl methyl sites for hydroxylation is 2. The number of pyridine rings is 1. The van der Waals surface area contributed by atoms with Gasteiger partial charge in [-0.2, -0.15) is 0 Å². The van der Waals surface area contributed by atoms with Crippen molar-refractivity contribution < 1.29 is 5.11 Å². The van der Waals surface area contributed by atoms with E-state index in [2.05, 4.69) is 10.2 Å². The minimum absolute atomic E-state index is 0.0654. The van der Waals surface area contributed by atoms with Crippen molar-refractivity contribution in [2.75, 3.05) is 6.61 Å². The van der Waals surface area contributed by atoms with Gasteiger partial charge in [-0.25, -0.2) is 0 Å². The Kier molecular flexibility index (Phi) is 2.94. The zero-order valence-corrected chi connectivity index (χ0v) is 10.8. The maximum atomic E-state index is 11.7. The van der Waals surface area contributed by atoms with Gasteiger partial charge in [0.05, 0.1) is 0 Å². The van der Waals surface area contributed by atoms with Gasteiger partial charge in [0.1, 0.15) is 5.82 Å². The molecule has 0 saturated heterocycles. The van der Waals surface area contributed by atoms with Crippen molar-refractivity contribution in [3.63, 3.8) is 0 Å². The maximum Gasteiger partial charge on any atom is 0.250 e. The first-order chi connectivity index (χ1) is 9.19. The standard InChI is InChI=1S/C13H16N4O2/c1-16-5-4-10(6-12(16)19)13-15-14-11-3-2-9(8-18)7-17(11)13/h4-6,9,18H,2-3,7-8H2,1H3. The Hall–Kier alpha value is -1.95. The van der Waals surface area contributed by atoms with Gasteiger partial charge in [-0.05, 0) is 12.5 Å². The number of aromatic nitrogens is 4. The van der Waals surface area contributed by atoms with Crippen molar-refractivity contribution in [1.29, 1.82) is 0 Å². The van der Waals surface area contributed by atoms with Crippen LogP contribution in [-0.2, 0) is 20.0 Å². The third-order valence-electron chi connectivity index (χ3n) is 3.67. The lowest BCUT2D eigenvalue weighted by atomic mass is 10.00. The molecule has 1 aliphatic rings. The van der Waals surface area contributed by atoms with E-state index in [-0.39, 0.29) is 18.1 Å². The van der Waals surface area contributed by atoms with Crippen LogP contribution in [0, 0.1) is 5.92 Å². The summed E-state index contributed by atoms with van der Waals surface area (Å²) in [5.74, 6) is 1.89. The van der Waals surface area contributed by atoms with Crippen LogP contribution in [0.25, 0.3) is 11.4 Å². The highest BCUT2D eigenvalue weighted by Gasteiger charge is 2.23. The number of rotatable bonds is 2. The van der Waals surface area contributed by atoms with Gasteiger partial charge in [-0.1, -0.05) is 0 Å². The van der Waals surface area contributed by atoms with E-state index in [0.717, 1.165) is 24.2 Å². The highest BCUT2D eigenvalue weighted by atomic mass is 16.3. The summed E-state index contributed by atoms with van der Waals surface area (Å²) >= 11 is 0. The van der Waals surface area contributed by atoms with Crippen LogP contribution in [0.2, 0.25) is 0 Å². The summed E-state index contributed by atoms with van der Waals surface area (Å²) in [4.78, 5) is 11.7. The van der Waals surface area contributed by atoms with Crippen molar-refractivity contribution in [1.82, 2.24) is 19.3 Å². The molecule has 0 spiro atoms. The molecule has 6 nitrogen and oxygen atoms in total. The van der Waals surface area contributed by atoms with Gasteiger partial charge < -0.3 is 14.2 Å². The van der Waals surface area contributed by atoms with Crippen LogP contribution in [0.15, 0.2) is 23.1 Å². The highest BCUT2D eigenvalue weighted by molar-refractivity contribution is 5.54. The fourth-order valence-corrected chi connectivity index (χ4v) is 2.45. The predicted molar refractivity (Wildman–Crippen MR) is 69.6 cm³/mol. The molecule has 1 aliphatic heterocycles. The molecule has 2 aromatic rings. The van der Waals surface area contributed by atoms with Crippen molar-refractivity contribution >= 4 is 0 Å². The molecule has 2 aromatic heterocycles. The molecule has 0 radical (unpaired) electrons. The Bertz CT molecular complexity index is 659. The van der Waals surface area contributed by atoms with Crippen LogP contribution in [-0.4, -0.2) is 31.0 Å². The fraction of sp³-hybridized carbons (Fsp3) is 0.462. The summed E-state index contributed by atoms with van der Waals surface area (Å²) in [5.41, 5.74) is 0.713. The number of aliphatic hydroxyl groups is 1. The molecule has 100 valence electrons. The number of nitrogens with zero attached hydrogens (tertiary/aromatic N) is 4. The van der Waals surface area contributed by atoms with E-state index in [9.17, 15) is 9.90 Å². The third-order valence-corrected chi connectivity index (χ3v) is 3.67. The lowest BCUT2D eigenvalue weighted by molar-refractivity contribution is 0.191. The number of aliphatic hydroxyl groups excluding tert-OH is 1. The monoisotopic (exact) mass is 260 g/mol. The van der Waals surface area contributed by atoms with Gasteiger partial charge in [0, 0.05) is 50.4 Å². The van der Waals surface area contributed by atoms with Gasteiger partial charge in [-0.15, -0.1) is 10.2 Å². The molecule has 0 bridgehead atoms. The molecule has 19 heavy (non-hydrogen) atoms. The second-order valence-electron chi connectivity index (χ2n) is 5.00. The molecular weight excluding hydrogens is 244 g/mol. The SMILES string of the molecule is Cn1ccc(-c2nnc3n2CC(CO)CC3)cc1=O. The van der Waals surface area contributed by atoms with Gasteiger partial charge in [0.15, 0.2) is 5.82 Å². The summed E-state index contributed by atoms with van der Waals surface area (Å²) in [6.45, 7) is 0.886. The number of fused-ring (bicyclic) bond motifs is 1. The molecular formula is C13H16N4O2. The molecule has 0 saturated carbocycles. The van der Waals surface area contributed by atoms with Crippen LogP contribution in [0.4, 0.5) is 0 Å². The van der Waals surface area contributed by atoms with Crippen LogP contribution < -0.4 is 5.56 Å². The smallest absolute Gasteiger partial charge is 0.250 e. The minimum atomic E-state index is -0.0654. The van der Waals surface area contributed by atoms with Gasteiger partial charge >= 0.3 is 0 Å². The predicted octanol–water partition coefficient (Wildman–Crippen LogP) is 0.199. The molecule has 3 rings (SSSR count). The molecule has 1 unspecified atom stereocenters. The zero-order chi connectivity index (χ0) is 13.4. The Balaban J connectivity index is 2.04. The van der Waals surface area contributed by atoms with E-state index < -0.39 is 0 Å². The average molecular weight is 260 g/mol. The zero-order valence-electron chi connectivity index (χ0n) is 10.8. The van der Waals surface area contributed by atoms with Crippen molar-refractivity contribution in [2.45, 2.75) is 19.4 Å². The minimum Gasteiger partial charge on any atom is -0.396 e. The quantitative estimate of drug-likeness (QED) is 0.837. The summed E-state index contributed by atoms with van der Waals surface area (Å²) in [6.07, 6.45) is 3.49. The molecule has 6 heteroatoms. The molecule has 0 fully saturated rings.